The first-order valence-electron chi connectivity index (χ1n) is 5.71. The van der Waals surface area contributed by atoms with Gasteiger partial charge in [0.15, 0.2) is 0 Å². The molecular weight excluding hydrogens is 270 g/mol. The molecule has 2 aromatic rings. The van der Waals surface area contributed by atoms with Gasteiger partial charge in [0.05, 0.1) is 10.4 Å². The molecule has 0 bridgehead atoms. The van der Waals surface area contributed by atoms with Gasteiger partial charge in [-0.25, -0.2) is 4.39 Å². The molecule has 0 radical (unpaired) electrons. The van der Waals surface area contributed by atoms with Crippen molar-refractivity contribution in [3.05, 3.63) is 70.0 Å². The quantitative estimate of drug-likeness (QED) is 0.669. The van der Waals surface area contributed by atoms with Gasteiger partial charge in [-0.1, -0.05) is 53.6 Å². The minimum atomic E-state index is -0.427. The van der Waals surface area contributed by atoms with Crippen molar-refractivity contribution in [1.29, 1.82) is 0 Å². The first-order chi connectivity index (χ1) is 8.58. The Hall–Kier alpha value is -1.05. The third-order valence-electron chi connectivity index (χ3n) is 2.85. The smallest absolute Gasteiger partial charge is 0.142 e. The third kappa shape index (κ3) is 3.04. The van der Waals surface area contributed by atoms with Crippen LogP contribution in [0.3, 0.4) is 0 Å². The predicted molar refractivity (Wildman–Crippen MR) is 74.9 cm³/mol. The van der Waals surface area contributed by atoms with Crippen LogP contribution in [-0.4, -0.2) is 0 Å². The van der Waals surface area contributed by atoms with Crippen molar-refractivity contribution >= 4 is 23.2 Å². The van der Waals surface area contributed by atoms with Crippen molar-refractivity contribution in [2.75, 3.05) is 0 Å². The van der Waals surface area contributed by atoms with E-state index in [4.69, 9.17) is 23.2 Å². The van der Waals surface area contributed by atoms with Crippen molar-refractivity contribution in [2.45, 2.75) is 18.7 Å². The molecule has 2 aromatic carbocycles. The van der Waals surface area contributed by atoms with Crippen LogP contribution in [-0.2, 0) is 6.42 Å². The lowest BCUT2D eigenvalue weighted by molar-refractivity contribution is 0.625. The third-order valence-corrected chi connectivity index (χ3v) is 3.64. The summed E-state index contributed by atoms with van der Waals surface area (Å²) in [4.78, 5) is 0. The summed E-state index contributed by atoms with van der Waals surface area (Å²) >= 11 is 12.2. The SMILES string of the molecule is Cc1ccc(CC(Cl)c2cccc(F)c2Cl)cc1. The summed E-state index contributed by atoms with van der Waals surface area (Å²) in [5.74, 6) is -0.427. The maximum atomic E-state index is 13.3. The second-order valence-corrected chi connectivity index (χ2v) is 5.21. The highest BCUT2D eigenvalue weighted by molar-refractivity contribution is 6.33. The molecule has 18 heavy (non-hydrogen) atoms. The highest BCUT2D eigenvalue weighted by atomic mass is 35.5. The van der Waals surface area contributed by atoms with Gasteiger partial charge in [-0.15, -0.1) is 11.6 Å². The molecule has 3 heteroatoms. The van der Waals surface area contributed by atoms with Crippen LogP contribution in [0.25, 0.3) is 0 Å². The molecule has 0 fully saturated rings. The van der Waals surface area contributed by atoms with Gasteiger partial charge in [0.25, 0.3) is 0 Å². The Bertz CT molecular complexity index is 535. The maximum Gasteiger partial charge on any atom is 0.142 e. The average molecular weight is 283 g/mol. The van der Waals surface area contributed by atoms with Gasteiger partial charge < -0.3 is 0 Å². The second-order valence-electron chi connectivity index (χ2n) is 4.30. The molecule has 0 amide bonds. The van der Waals surface area contributed by atoms with E-state index in [1.165, 1.54) is 11.6 Å². The maximum absolute atomic E-state index is 13.3. The normalized spacial score (nSPS) is 12.4. The molecular formula is C15H13Cl2F. The summed E-state index contributed by atoms with van der Waals surface area (Å²) in [5.41, 5.74) is 2.95. The summed E-state index contributed by atoms with van der Waals surface area (Å²) in [5, 5.41) is -0.208. The van der Waals surface area contributed by atoms with Gasteiger partial charge in [-0.3, -0.25) is 0 Å². The molecule has 0 nitrogen and oxygen atoms in total. The van der Waals surface area contributed by atoms with E-state index in [9.17, 15) is 4.39 Å². The Morgan fingerprint density at radius 3 is 2.44 bits per heavy atom. The molecule has 0 aliphatic rings. The second kappa shape index (κ2) is 5.73. The Labute approximate surface area is 116 Å². The van der Waals surface area contributed by atoms with Gasteiger partial charge in [0.1, 0.15) is 5.82 Å². The molecule has 2 rings (SSSR count). The monoisotopic (exact) mass is 282 g/mol. The number of hydrogen-bond acceptors (Lipinski definition) is 0. The number of rotatable bonds is 3. The Balaban J connectivity index is 2.19. The van der Waals surface area contributed by atoms with Crippen LogP contribution >= 0.6 is 23.2 Å². The summed E-state index contributed by atoms with van der Waals surface area (Å²) in [6.07, 6.45) is 0.630. The van der Waals surface area contributed by atoms with Crippen LogP contribution in [0, 0.1) is 12.7 Å². The molecule has 0 aliphatic heterocycles. The molecule has 0 saturated carbocycles. The van der Waals surface area contributed by atoms with Crippen LogP contribution in [0.4, 0.5) is 4.39 Å². The fourth-order valence-corrected chi connectivity index (χ4v) is 2.48. The fraction of sp³-hybridized carbons (Fsp3) is 0.200. The molecule has 0 heterocycles. The van der Waals surface area contributed by atoms with Gasteiger partial charge >= 0.3 is 0 Å². The summed E-state index contributed by atoms with van der Waals surface area (Å²) in [6, 6.07) is 12.8. The van der Waals surface area contributed by atoms with Crippen LogP contribution in [0.1, 0.15) is 22.1 Å². The van der Waals surface area contributed by atoms with E-state index in [-0.39, 0.29) is 10.4 Å². The van der Waals surface area contributed by atoms with Gasteiger partial charge in [0.2, 0.25) is 0 Å². The topological polar surface area (TPSA) is 0 Å². The number of benzene rings is 2. The molecule has 0 saturated heterocycles. The average Bonchev–Trinajstić information content (AvgIpc) is 2.35. The number of hydrogen-bond donors (Lipinski definition) is 0. The standard InChI is InChI=1S/C15H13Cl2F/c1-10-5-7-11(8-6-10)9-13(16)12-3-2-4-14(18)15(12)17/h2-8,13H,9H2,1H3. The van der Waals surface area contributed by atoms with E-state index in [1.54, 1.807) is 12.1 Å². The fourth-order valence-electron chi connectivity index (χ4n) is 1.80. The molecule has 0 spiro atoms. The van der Waals surface area contributed by atoms with E-state index in [2.05, 4.69) is 0 Å². The van der Waals surface area contributed by atoms with Crippen LogP contribution < -0.4 is 0 Å². The minimum Gasteiger partial charge on any atom is -0.205 e. The zero-order chi connectivity index (χ0) is 13.1. The Morgan fingerprint density at radius 1 is 1.11 bits per heavy atom. The first kappa shape index (κ1) is 13.4. The highest BCUT2D eigenvalue weighted by Gasteiger charge is 2.14. The van der Waals surface area contributed by atoms with E-state index in [1.807, 2.05) is 31.2 Å². The van der Waals surface area contributed by atoms with Crippen LogP contribution in [0.2, 0.25) is 5.02 Å². The minimum absolute atomic E-state index is 0.115. The number of halogens is 3. The molecule has 1 unspecified atom stereocenters. The lowest BCUT2D eigenvalue weighted by atomic mass is 10.0. The van der Waals surface area contributed by atoms with E-state index >= 15 is 0 Å². The highest BCUT2D eigenvalue weighted by Crippen LogP contribution is 2.32. The van der Waals surface area contributed by atoms with Crippen molar-refractivity contribution in [3.8, 4) is 0 Å². The van der Waals surface area contributed by atoms with E-state index in [0.29, 0.717) is 12.0 Å². The van der Waals surface area contributed by atoms with Crippen molar-refractivity contribution in [2.24, 2.45) is 0 Å². The molecule has 0 N–H and O–H groups in total. The van der Waals surface area contributed by atoms with Gasteiger partial charge in [0, 0.05) is 0 Å². The van der Waals surface area contributed by atoms with E-state index < -0.39 is 5.82 Å². The molecule has 1 atom stereocenters. The summed E-state index contributed by atoms with van der Waals surface area (Å²) < 4.78 is 13.3. The first-order valence-corrected chi connectivity index (χ1v) is 6.53. The van der Waals surface area contributed by atoms with Crippen LogP contribution in [0.15, 0.2) is 42.5 Å². The Morgan fingerprint density at radius 2 is 1.78 bits per heavy atom. The largest absolute Gasteiger partial charge is 0.205 e. The number of aryl methyl sites for hydroxylation is 1. The zero-order valence-corrected chi connectivity index (χ0v) is 11.5. The van der Waals surface area contributed by atoms with Crippen molar-refractivity contribution in [3.63, 3.8) is 0 Å². The van der Waals surface area contributed by atoms with Crippen molar-refractivity contribution in [1.82, 2.24) is 0 Å². The summed E-state index contributed by atoms with van der Waals surface area (Å²) in [6.45, 7) is 2.03. The lowest BCUT2D eigenvalue weighted by Gasteiger charge is -2.12. The lowest BCUT2D eigenvalue weighted by Crippen LogP contribution is -1.98. The summed E-state index contributed by atoms with van der Waals surface area (Å²) in [7, 11) is 0. The van der Waals surface area contributed by atoms with Gasteiger partial charge in [-0.2, -0.15) is 0 Å². The number of alkyl halides is 1. The molecule has 94 valence electrons. The Kier molecular flexibility index (Phi) is 4.26. The van der Waals surface area contributed by atoms with Crippen LogP contribution in [0.5, 0.6) is 0 Å². The zero-order valence-electron chi connectivity index (χ0n) is 9.96. The van der Waals surface area contributed by atoms with Crippen molar-refractivity contribution < 1.29 is 4.39 Å². The molecule has 0 aliphatic carbocycles. The van der Waals surface area contributed by atoms with Gasteiger partial charge in [-0.05, 0) is 30.5 Å². The van der Waals surface area contributed by atoms with E-state index in [0.717, 1.165) is 5.56 Å². The predicted octanol–water partition coefficient (Wildman–Crippen LogP) is 5.31. The molecule has 0 aromatic heterocycles.